The van der Waals surface area contributed by atoms with Crippen LogP contribution in [0.5, 0.6) is 0 Å². The van der Waals surface area contributed by atoms with Crippen molar-refractivity contribution in [3.8, 4) is 0 Å². The van der Waals surface area contributed by atoms with Gasteiger partial charge in [-0.2, -0.15) is 0 Å². The Kier molecular flexibility index (Phi) is 6.10. The third-order valence-corrected chi connectivity index (χ3v) is 2.74. The molecule has 0 saturated carbocycles. The highest BCUT2D eigenvalue weighted by Gasteiger charge is 2.24. The summed E-state index contributed by atoms with van der Waals surface area (Å²) in [6.45, 7) is 5.05. The molecule has 0 spiro atoms. The summed E-state index contributed by atoms with van der Waals surface area (Å²) in [4.78, 5) is 34.7. The molecular formula is C16H21NO5. The predicted molar refractivity (Wildman–Crippen MR) is 80.8 cm³/mol. The van der Waals surface area contributed by atoms with Crippen molar-refractivity contribution < 1.29 is 24.2 Å². The molecule has 2 N–H and O–H groups in total. The summed E-state index contributed by atoms with van der Waals surface area (Å²) in [5, 5.41) is 11.4. The fraction of sp³-hybridized carbons (Fsp3) is 0.438. The summed E-state index contributed by atoms with van der Waals surface area (Å²) in [6, 6.07) is 7.43. The predicted octanol–water partition coefficient (Wildman–Crippen LogP) is 2.63. The molecule has 0 aliphatic rings. The fourth-order valence-corrected chi connectivity index (χ4v) is 1.75. The zero-order valence-electron chi connectivity index (χ0n) is 13.0. The van der Waals surface area contributed by atoms with E-state index in [0.29, 0.717) is 5.56 Å². The second-order valence-corrected chi connectivity index (χ2v) is 5.86. The molecule has 0 saturated heterocycles. The number of carboxylic acid groups (broad SMARTS) is 1. The van der Waals surface area contributed by atoms with Crippen molar-refractivity contribution in [2.45, 2.75) is 45.3 Å². The molecule has 0 radical (unpaired) electrons. The summed E-state index contributed by atoms with van der Waals surface area (Å²) < 4.78 is 5.01. The van der Waals surface area contributed by atoms with Crippen molar-refractivity contribution in [3.63, 3.8) is 0 Å². The van der Waals surface area contributed by atoms with E-state index in [0.717, 1.165) is 0 Å². The maximum absolute atomic E-state index is 11.9. The fourth-order valence-electron chi connectivity index (χ4n) is 1.75. The van der Waals surface area contributed by atoms with Crippen LogP contribution in [0, 0.1) is 0 Å². The first-order chi connectivity index (χ1) is 10.2. The molecule has 0 fully saturated rings. The van der Waals surface area contributed by atoms with Crippen LogP contribution in [0.3, 0.4) is 0 Å². The average molecular weight is 307 g/mol. The first kappa shape index (κ1) is 17.7. The molecule has 1 aromatic carbocycles. The SMILES string of the molecule is CC(C)(C)OC(=O)N[C@@H](CCC(=O)c1ccccc1)C(=O)O. The Balaban J connectivity index is 2.57. The highest BCUT2D eigenvalue weighted by Crippen LogP contribution is 2.10. The number of alkyl carbamates (subject to hydrolysis) is 1. The number of nitrogens with one attached hydrogen (secondary N) is 1. The van der Waals surface area contributed by atoms with Gasteiger partial charge in [0, 0.05) is 12.0 Å². The van der Waals surface area contributed by atoms with Gasteiger partial charge >= 0.3 is 12.1 Å². The van der Waals surface area contributed by atoms with Gasteiger partial charge in [0.2, 0.25) is 0 Å². The van der Waals surface area contributed by atoms with E-state index in [9.17, 15) is 14.4 Å². The summed E-state index contributed by atoms with van der Waals surface area (Å²) >= 11 is 0. The largest absolute Gasteiger partial charge is 0.480 e. The quantitative estimate of drug-likeness (QED) is 0.788. The average Bonchev–Trinajstić information content (AvgIpc) is 2.41. The summed E-state index contributed by atoms with van der Waals surface area (Å²) in [7, 11) is 0. The van der Waals surface area contributed by atoms with Crippen LogP contribution in [0.4, 0.5) is 4.79 Å². The molecule has 1 aromatic rings. The van der Waals surface area contributed by atoms with Gasteiger partial charge in [0.05, 0.1) is 0 Å². The molecule has 1 amide bonds. The molecule has 0 heterocycles. The summed E-state index contributed by atoms with van der Waals surface area (Å²) in [6.07, 6.45) is -0.786. The Morgan fingerprint density at radius 2 is 1.77 bits per heavy atom. The van der Waals surface area contributed by atoms with Crippen LogP contribution in [0.2, 0.25) is 0 Å². The second-order valence-electron chi connectivity index (χ2n) is 5.86. The van der Waals surface area contributed by atoms with E-state index in [1.807, 2.05) is 0 Å². The van der Waals surface area contributed by atoms with E-state index in [-0.39, 0.29) is 18.6 Å². The number of rotatable bonds is 6. The number of ether oxygens (including phenoxy) is 1. The van der Waals surface area contributed by atoms with Crippen molar-refractivity contribution in [2.24, 2.45) is 0 Å². The molecule has 0 unspecified atom stereocenters. The topological polar surface area (TPSA) is 92.7 Å². The molecule has 22 heavy (non-hydrogen) atoms. The first-order valence-corrected chi connectivity index (χ1v) is 6.99. The number of benzene rings is 1. The molecule has 6 nitrogen and oxygen atoms in total. The number of hydrogen-bond donors (Lipinski definition) is 2. The minimum Gasteiger partial charge on any atom is -0.480 e. The minimum absolute atomic E-state index is 0.00229. The number of ketones is 1. The third-order valence-electron chi connectivity index (χ3n) is 2.74. The third kappa shape index (κ3) is 6.39. The van der Waals surface area contributed by atoms with Crippen LogP contribution < -0.4 is 5.32 Å². The Morgan fingerprint density at radius 1 is 1.18 bits per heavy atom. The number of Topliss-reactive ketones (excluding diaryl/α,β-unsaturated/α-hetero) is 1. The number of amides is 1. The Hall–Kier alpha value is -2.37. The van der Waals surface area contributed by atoms with Gasteiger partial charge in [-0.1, -0.05) is 30.3 Å². The lowest BCUT2D eigenvalue weighted by Gasteiger charge is -2.21. The lowest BCUT2D eigenvalue weighted by molar-refractivity contribution is -0.139. The summed E-state index contributed by atoms with van der Waals surface area (Å²) in [5.74, 6) is -1.37. The molecule has 0 aliphatic carbocycles. The van der Waals surface area contributed by atoms with Crippen molar-refractivity contribution in [3.05, 3.63) is 35.9 Å². The van der Waals surface area contributed by atoms with Crippen molar-refractivity contribution in [2.75, 3.05) is 0 Å². The highest BCUT2D eigenvalue weighted by molar-refractivity contribution is 5.96. The molecule has 0 bridgehead atoms. The van der Waals surface area contributed by atoms with E-state index in [4.69, 9.17) is 9.84 Å². The van der Waals surface area contributed by atoms with Gasteiger partial charge in [-0.25, -0.2) is 9.59 Å². The van der Waals surface area contributed by atoms with Gasteiger partial charge in [0.25, 0.3) is 0 Å². The van der Waals surface area contributed by atoms with E-state index < -0.39 is 23.7 Å². The van der Waals surface area contributed by atoms with Crippen molar-refractivity contribution >= 4 is 17.8 Å². The van der Waals surface area contributed by atoms with Crippen molar-refractivity contribution in [1.82, 2.24) is 5.32 Å². The number of carboxylic acids is 1. The molecule has 1 atom stereocenters. The lowest BCUT2D eigenvalue weighted by atomic mass is 10.0. The van der Waals surface area contributed by atoms with Gasteiger partial charge < -0.3 is 15.2 Å². The smallest absolute Gasteiger partial charge is 0.408 e. The van der Waals surface area contributed by atoms with E-state index >= 15 is 0 Å². The molecule has 0 aromatic heterocycles. The van der Waals surface area contributed by atoms with Gasteiger partial charge in [-0.15, -0.1) is 0 Å². The van der Waals surface area contributed by atoms with E-state index in [2.05, 4.69) is 5.32 Å². The van der Waals surface area contributed by atoms with Crippen LogP contribution in [0.1, 0.15) is 44.0 Å². The van der Waals surface area contributed by atoms with Crippen LogP contribution in [-0.4, -0.2) is 34.6 Å². The number of carbonyl (C=O) groups is 3. The molecule has 120 valence electrons. The van der Waals surface area contributed by atoms with Crippen LogP contribution in [-0.2, 0) is 9.53 Å². The van der Waals surface area contributed by atoms with Crippen LogP contribution in [0.15, 0.2) is 30.3 Å². The normalized spacial score (nSPS) is 12.3. The van der Waals surface area contributed by atoms with Crippen molar-refractivity contribution in [1.29, 1.82) is 0 Å². The molecule has 6 heteroatoms. The number of carbonyl (C=O) groups excluding carboxylic acids is 2. The molecular weight excluding hydrogens is 286 g/mol. The Morgan fingerprint density at radius 3 is 2.27 bits per heavy atom. The molecule has 1 rings (SSSR count). The summed E-state index contributed by atoms with van der Waals surface area (Å²) in [5.41, 5.74) is -0.198. The Bertz CT molecular complexity index is 533. The molecule has 0 aliphatic heterocycles. The second kappa shape index (κ2) is 7.59. The van der Waals surface area contributed by atoms with Gasteiger partial charge in [-0.05, 0) is 27.2 Å². The number of hydrogen-bond acceptors (Lipinski definition) is 4. The van der Waals surface area contributed by atoms with Gasteiger partial charge in [0.1, 0.15) is 11.6 Å². The maximum atomic E-state index is 11.9. The monoisotopic (exact) mass is 307 g/mol. The Labute approximate surface area is 129 Å². The zero-order valence-corrected chi connectivity index (χ0v) is 13.0. The van der Waals surface area contributed by atoms with E-state index in [1.54, 1.807) is 51.1 Å². The number of aliphatic carboxylic acids is 1. The lowest BCUT2D eigenvalue weighted by Crippen LogP contribution is -2.43. The van der Waals surface area contributed by atoms with Gasteiger partial charge in [0.15, 0.2) is 5.78 Å². The standard InChI is InChI=1S/C16H21NO5/c1-16(2,3)22-15(21)17-12(14(19)20)9-10-13(18)11-7-5-4-6-8-11/h4-8,12H,9-10H2,1-3H3,(H,17,21)(H,19,20)/t12-/m0/s1. The van der Waals surface area contributed by atoms with Crippen LogP contribution >= 0.6 is 0 Å². The van der Waals surface area contributed by atoms with E-state index in [1.165, 1.54) is 0 Å². The minimum atomic E-state index is -1.20. The van der Waals surface area contributed by atoms with Crippen LogP contribution in [0.25, 0.3) is 0 Å². The zero-order chi connectivity index (χ0) is 16.8. The maximum Gasteiger partial charge on any atom is 0.408 e. The van der Waals surface area contributed by atoms with Gasteiger partial charge in [-0.3, -0.25) is 4.79 Å². The highest BCUT2D eigenvalue weighted by atomic mass is 16.6. The first-order valence-electron chi connectivity index (χ1n) is 6.99.